The molecule has 0 radical (unpaired) electrons. The van der Waals surface area contributed by atoms with Crippen LogP contribution in [0.3, 0.4) is 0 Å². The molecule has 0 saturated carbocycles. The first-order valence-corrected chi connectivity index (χ1v) is 24.7. The number of carboxylic acid groups (broad SMARTS) is 1. The largest absolute Gasteiger partial charge is 0.481 e. The fourth-order valence-corrected chi connectivity index (χ4v) is 9.30. The summed E-state index contributed by atoms with van der Waals surface area (Å²) in [6.07, 6.45) is -8.09. The molecule has 0 spiro atoms. The second kappa shape index (κ2) is 31.9. The molecule has 0 unspecified atom stereocenters. The number of nitrogens with two attached hydrogens (primary N) is 1. The number of aliphatic carboxylic acids is 1. The van der Waals surface area contributed by atoms with Crippen molar-refractivity contribution in [3.63, 3.8) is 0 Å². The van der Waals surface area contributed by atoms with E-state index >= 15 is 0 Å². The molecule has 0 aromatic heterocycles. The first-order chi connectivity index (χ1) is 30.6. The molecule has 18 heteroatoms. The fourth-order valence-electron chi connectivity index (χ4n) is 9.30. The molecule has 2 fully saturated rings. The minimum absolute atomic E-state index is 0.0309. The van der Waals surface area contributed by atoms with Crippen LogP contribution in [0.5, 0.6) is 0 Å². The molecule has 0 aliphatic carbocycles. The van der Waals surface area contributed by atoms with Gasteiger partial charge in [-0.2, -0.15) is 0 Å². The summed E-state index contributed by atoms with van der Waals surface area (Å²) in [6, 6.07) is -1.08. The number of carboxylic acids is 1. The van der Waals surface area contributed by atoms with Gasteiger partial charge >= 0.3 is 5.97 Å². The summed E-state index contributed by atoms with van der Waals surface area (Å²) in [5.74, 6) is -3.57. The monoisotopic (exact) mass is 942 g/mol. The van der Waals surface area contributed by atoms with Gasteiger partial charge in [0.25, 0.3) is 0 Å². The van der Waals surface area contributed by atoms with Gasteiger partial charge in [0.1, 0.15) is 12.0 Å². The Hall–Kier alpha value is -1.17. The smallest absolute Gasteiger partial charge is 0.311 e. The van der Waals surface area contributed by atoms with E-state index in [-0.39, 0.29) is 43.9 Å². The lowest BCUT2D eigenvalue weighted by Crippen LogP contribution is -2.61. The van der Waals surface area contributed by atoms with Gasteiger partial charge in [-0.3, -0.25) is 4.79 Å². The zero-order valence-corrected chi connectivity index (χ0v) is 39.6. The summed E-state index contributed by atoms with van der Waals surface area (Å²) < 4.78 is 17.5. The van der Waals surface area contributed by atoms with Crippen LogP contribution in [0.1, 0.15) is 169 Å². The average molecular weight is 942 g/mol. The minimum Gasteiger partial charge on any atom is -0.481 e. The van der Waals surface area contributed by atoms with Crippen molar-refractivity contribution in [3.05, 3.63) is 0 Å². The summed E-state index contributed by atoms with van der Waals surface area (Å²) in [5, 5.41) is 138. The number of rotatable bonds is 3. The highest BCUT2D eigenvalue weighted by Gasteiger charge is 2.43. The lowest BCUT2D eigenvalue weighted by atomic mass is 9.86. The quantitative estimate of drug-likeness (QED) is 0.191. The van der Waals surface area contributed by atoms with Crippen LogP contribution in [-0.4, -0.2) is 176 Å². The van der Waals surface area contributed by atoms with E-state index in [0.29, 0.717) is 12.8 Å². The maximum atomic E-state index is 12.4. The second-order valence-electron chi connectivity index (χ2n) is 19.7. The van der Waals surface area contributed by atoms with Crippen LogP contribution in [0.4, 0.5) is 0 Å². The third-order valence-electron chi connectivity index (χ3n) is 13.8. The predicted octanol–water partition coefficient (Wildman–Crippen LogP) is 1.71. The van der Waals surface area contributed by atoms with Gasteiger partial charge < -0.3 is 86.3 Å². The maximum Gasteiger partial charge on any atom is 0.311 e. The van der Waals surface area contributed by atoms with Crippen LogP contribution in [-0.2, 0) is 19.0 Å². The normalized spacial score (nSPS) is 43.4. The first-order valence-electron chi connectivity index (χ1n) is 24.7. The molecule has 0 amide bonds. The molecular formula is C47H91NO17. The lowest BCUT2D eigenvalue weighted by molar-refractivity contribution is -0.283. The van der Waals surface area contributed by atoms with Gasteiger partial charge in [-0.05, 0) is 58.3 Å². The van der Waals surface area contributed by atoms with Crippen LogP contribution in [0.15, 0.2) is 0 Å². The van der Waals surface area contributed by atoms with Crippen molar-refractivity contribution in [2.45, 2.75) is 273 Å². The van der Waals surface area contributed by atoms with E-state index in [1.165, 1.54) is 0 Å². The molecule has 386 valence electrons. The van der Waals surface area contributed by atoms with Crippen LogP contribution < -0.4 is 5.73 Å². The highest BCUT2D eigenvalue weighted by molar-refractivity contribution is 5.71. The van der Waals surface area contributed by atoms with Crippen molar-refractivity contribution in [2.75, 3.05) is 0 Å². The van der Waals surface area contributed by atoms with Gasteiger partial charge in [-0.25, -0.2) is 0 Å². The third kappa shape index (κ3) is 22.9. The Bertz CT molecular complexity index is 1240. The zero-order valence-electron chi connectivity index (χ0n) is 39.6. The number of aliphatic hydroxyl groups excluding tert-OH is 12. The Morgan fingerprint density at radius 2 is 0.954 bits per heavy atom. The van der Waals surface area contributed by atoms with Gasteiger partial charge in [0.2, 0.25) is 0 Å². The summed E-state index contributed by atoms with van der Waals surface area (Å²) in [5.41, 5.74) is 6.02. The van der Waals surface area contributed by atoms with Crippen LogP contribution in [0.2, 0.25) is 0 Å². The number of carbonyl (C=O) groups is 1. The molecule has 18 nitrogen and oxygen atoms in total. The van der Waals surface area contributed by atoms with E-state index < -0.39 is 135 Å². The first kappa shape index (κ1) is 60.0. The van der Waals surface area contributed by atoms with Gasteiger partial charge in [0, 0.05) is 31.6 Å². The van der Waals surface area contributed by atoms with E-state index in [2.05, 4.69) is 0 Å². The summed E-state index contributed by atoms with van der Waals surface area (Å²) >= 11 is 0. The number of ether oxygens (including phenoxy) is 3. The van der Waals surface area contributed by atoms with Gasteiger partial charge in [0.15, 0.2) is 12.6 Å². The van der Waals surface area contributed by atoms with Crippen LogP contribution >= 0.6 is 0 Å². The summed E-state index contributed by atoms with van der Waals surface area (Å²) in [6.45, 7) is 7.21. The number of aliphatic hydroxyl groups is 12. The van der Waals surface area contributed by atoms with Crippen molar-refractivity contribution in [1.82, 2.24) is 0 Å². The Balaban J connectivity index is 2.11. The molecule has 20 atom stereocenters. The average Bonchev–Trinajstić information content (AvgIpc) is 3.22. The standard InChI is InChI=1S/C47H91NO17/c1-27-17-15-13-11-9-7-5-6-8-10-12-14-16-18-35(65-47-45(60)42(48)44(59)30(4)64-47)26-39(56)41(46(61)62)38(55)24-33(51)22-32(50)23-37(54)36(53)20-19-31(49)21-34(52)25-40(57)63-29(3)28(2)43(27)58/h27-45,47,49-60H,5-26,48H2,1-4H3,(H,61,62)/t27-,28-,29-,30-,31+,32+,33-,34+,35+,36-,37+,38-,39+,40-,41-,42+,43-,44+,45+,47+/m1/s1. The van der Waals surface area contributed by atoms with Crippen molar-refractivity contribution >= 4 is 5.97 Å². The molecule has 2 saturated heterocycles. The third-order valence-corrected chi connectivity index (χ3v) is 13.8. The second-order valence-corrected chi connectivity index (χ2v) is 19.7. The van der Waals surface area contributed by atoms with Gasteiger partial charge in [-0.15, -0.1) is 0 Å². The van der Waals surface area contributed by atoms with Crippen molar-refractivity contribution < 1.29 is 85.4 Å². The molecule has 2 heterocycles. The molecule has 2 aliphatic heterocycles. The predicted molar refractivity (Wildman–Crippen MR) is 241 cm³/mol. The Morgan fingerprint density at radius 3 is 1.51 bits per heavy atom. The van der Waals surface area contributed by atoms with Gasteiger partial charge in [-0.1, -0.05) is 90.9 Å². The van der Waals surface area contributed by atoms with Crippen molar-refractivity contribution in [2.24, 2.45) is 23.5 Å². The SMILES string of the molecule is C[C@H]1[C@H](O)[C@H](C)CCCCCCCCCCCCCC[C@H](O[C@@H]2O[C@H](C)[C@H](O)[C@H](N)[C@@H]2O)C[C@H](O)[C@H](C(=O)O)[C@H](O)C[C@H](O)C[C@H](O)C[C@H](O)[C@H](O)CC[C@H](O)C[C@H](O)C[C@H](O)O[C@@H]1C. The molecular weight excluding hydrogens is 851 g/mol. The molecule has 0 aromatic carbocycles. The van der Waals surface area contributed by atoms with E-state index in [0.717, 1.165) is 77.0 Å². The van der Waals surface area contributed by atoms with Crippen LogP contribution in [0.25, 0.3) is 0 Å². The van der Waals surface area contributed by atoms with Gasteiger partial charge in [0.05, 0.1) is 85.4 Å². The molecule has 0 aromatic rings. The van der Waals surface area contributed by atoms with Crippen LogP contribution in [0, 0.1) is 17.8 Å². The van der Waals surface area contributed by atoms with Crippen molar-refractivity contribution in [1.29, 1.82) is 0 Å². The summed E-state index contributed by atoms with van der Waals surface area (Å²) in [7, 11) is 0. The molecule has 15 N–H and O–H groups in total. The van der Waals surface area contributed by atoms with E-state index in [1.807, 2.05) is 13.8 Å². The highest BCUT2D eigenvalue weighted by atomic mass is 16.7. The highest BCUT2D eigenvalue weighted by Crippen LogP contribution is 2.29. The lowest BCUT2D eigenvalue weighted by Gasteiger charge is -2.41. The molecule has 0 bridgehead atoms. The van der Waals surface area contributed by atoms with E-state index in [4.69, 9.17) is 19.9 Å². The number of hydrogen-bond acceptors (Lipinski definition) is 17. The van der Waals surface area contributed by atoms with Crippen molar-refractivity contribution in [3.8, 4) is 0 Å². The maximum absolute atomic E-state index is 12.4. The Labute approximate surface area is 387 Å². The topological polar surface area (TPSA) is 334 Å². The fraction of sp³-hybridized carbons (Fsp3) is 0.979. The van der Waals surface area contributed by atoms with E-state index in [9.17, 15) is 71.2 Å². The summed E-state index contributed by atoms with van der Waals surface area (Å²) in [4.78, 5) is 12.4. The Morgan fingerprint density at radius 1 is 0.477 bits per heavy atom. The zero-order chi connectivity index (χ0) is 48.8. The minimum atomic E-state index is -1.78. The Kier molecular flexibility index (Phi) is 29.4. The van der Waals surface area contributed by atoms with E-state index in [1.54, 1.807) is 13.8 Å². The molecule has 65 heavy (non-hydrogen) atoms. The molecule has 2 rings (SSSR count). The molecule has 2 aliphatic rings. The number of hydrogen-bond donors (Lipinski definition) is 14.